The van der Waals surface area contributed by atoms with Crippen LogP contribution >= 0.6 is 22.9 Å². The molecule has 11 nitrogen and oxygen atoms in total. The number of piperidine rings is 1. The van der Waals surface area contributed by atoms with Gasteiger partial charge in [0.2, 0.25) is 5.13 Å². The summed E-state index contributed by atoms with van der Waals surface area (Å²) in [5.41, 5.74) is 2.38. The van der Waals surface area contributed by atoms with Crippen molar-refractivity contribution in [3.05, 3.63) is 101 Å². The van der Waals surface area contributed by atoms with Gasteiger partial charge in [-0.3, -0.25) is 9.71 Å². The number of halogens is 5. The Labute approximate surface area is 336 Å². The fourth-order valence-electron chi connectivity index (χ4n) is 6.20. The van der Waals surface area contributed by atoms with Crippen LogP contribution in [0.3, 0.4) is 0 Å². The number of nitrogens with zero attached hydrogens (tertiary/aromatic N) is 4. The number of carbonyl (C=O) groups excluding carboxylic acids is 1. The number of sulfonamides is 1. The molecule has 6 rings (SSSR count). The SMILES string of the molecule is CC(C)(C)OC(=O)N1CCC(CCNCc2cc(-c3cc(-c4cccc(C(F)(F)F)c4)ccc3Oc3cc(F)c(S(=O)(=O)Nc4nncs4)cc3Cl)ccn2)CC1. The van der Waals surface area contributed by atoms with Gasteiger partial charge in [-0.15, -0.1) is 10.2 Å². The number of benzene rings is 3. The first kappa shape index (κ1) is 41.8. The molecule has 18 heteroatoms. The molecule has 1 aliphatic rings. The summed E-state index contributed by atoms with van der Waals surface area (Å²) in [6.45, 7) is 7.92. The lowest BCUT2D eigenvalue weighted by Gasteiger charge is -2.33. The number of alkyl halides is 3. The lowest BCUT2D eigenvalue weighted by Crippen LogP contribution is -2.42. The van der Waals surface area contributed by atoms with E-state index in [1.807, 2.05) is 20.8 Å². The number of rotatable bonds is 12. The molecule has 0 bridgehead atoms. The molecule has 3 aromatic carbocycles. The van der Waals surface area contributed by atoms with Gasteiger partial charge in [0.05, 0.1) is 16.3 Å². The van der Waals surface area contributed by atoms with Gasteiger partial charge >= 0.3 is 12.3 Å². The summed E-state index contributed by atoms with van der Waals surface area (Å²) in [7, 11) is -4.43. The van der Waals surface area contributed by atoms with Gasteiger partial charge in [0.1, 0.15) is 33.3 Å². The number of anilines is 1. The van der Waals surface area contributed by atoms with Crippen molar-refractivity contribution in [1.29, 1.82) is 0 Å². The van der Waals surface area contributed by atoms with E-state index in [2.05, 4.69) is 25.2 Å². The van der Waals surface area contributed by atoms with Crippen molar-refractivity contribution in [2.24, 2.45) is 5.92 Å². The highest BCUT2D eigenvalue weighted by molar-refractivity contribution is 7.93. The molecule has 0 spiro atoms. The third kappa shape index (κ3) is 11.0. The Bertz CT molecular complexity index is 2320. The van der Waals surface area contributed by atoms with E-state index >= 15 is 4.39 Å². The second kappa shape index (κ2) is 17.3. The van der Waals surface area contributed by atoms with Crippen molar-refractivity contribution in [3.8, 4) is 33.8 Å². The number of aromatic nitrogens is 3. The highest BCUT2D eigenvalue weighted by Gasteiger charge is 2.31. The first-order valence-corrected chi connectivity index (χ1v) is 20.6. The third-order valence-electron chi connectivity index (χ3n) is 9.01. The van der Waals surface area contributed by atoms with Gasteiger partial charge in [-0.2, -0.15) is 13.2 Å². The number of pyridine rings is 1. The number of carbonyl (C=O) groups is 1. The molecule has 0 saturated carbocycles. The Hall–Kier alpha value is -4.84. The number of hydrogen-bond donors (Lipinski definition) is 2. The molecule has 57 heavy (non-hydrogen) atoms. The van der Waals surface area contributed by atoms with Crippen LogP contribution in [0.1, 0.15) is 51.3 Å². The van der Waals surface area contributed by atoms with Crippen molar-refractivity contribution >= 4 is 44.2 Å². The van der Waals surface area contributed by atoms with Crippen molar-refractivity contribution in [2.45, 2.75) is 63.3 Å². The first-order valence-electron chi connectivity index (χ1n) is 17.9. The molecule has 1 saturated heterocycles. The minimum absolute atomic E-state index is 0.0688. The van der Waals surface area contributed by atoms with E-state index in [9.17, 15) is 26.4 Å². The number of likely N-dealkylation sites (tertiary alicyclic amines) is 1. The molecule has 1 fully saturated rings. The normalized spacial score (nSPS) is 14.1. The average Bonchev–Trinajstić information content (AvgIpc) is 3.66. The molecule has 1 amide bonds. The van der Waals surface area contributed by atoms with E-state index in [4.69, 9.17) is 21.1 Å². The molecule has 302 valence electrons. The Balaban J connectivity index is 1.21. The van der Waals surface area contributed by atoms with Crippen LogP contribution in [0.25, 0.3) is 22.3 Å². The highest BCUT2D eigenvalue weighted by Crippen LogP contribution is 2.41. The van der Waals surface area contributed by atoms with Crippen molar-refractivity contribution in [3.63, 3.8) is 0 Å². The van der Waals surface area contributed by atoms with Gasteiger partial charge < -0.3 is 19.7 Å². The molecule has 0 atom stereocenters. The minimum atomic E-state index is -4.56. The monoisotopic (exact) mass is 846 g/mol. The first-order chi connectivity index (χ1) is 26.9. The molecular weight excluding hydrogens is 808 g/mol. The highest BCUT2D eigenvalue weighted by atomic mass is 35.5. The van der Waals surface area contributed by atoms with Gasteiger partial charge in [-0.25, -0.2) is 17.6 Å². The van der Waals surface area contributed by atoms with E-state index in [1.165, 1.54) is 17.6 Å². The quantitative estimate of drug-likeness (QED) is 0.0930. The summed E-state index contributed by atoms with van der Waals surface area (Å²) >= 11 is 7.37. The summed E-state index contributed by atoms with van der Waals surface area (Å²) in [5, 5.41) is 10.3. The van der Waals surface area contributed by atoms with E-state index < -0.39 is 38.1 Å². The zero-order valence-corrected chi connectivity index (χ0v) is 33.5. The lowest BCUT2D eigenvalue weighted by atomic mass is 9.94. The number of nitrogens with one attached hydrogen (secondary N) is 2. The predicted molar refractivity (Wildman–Crippen MR) is 209 cm³/mol. The van der Waals surface area contributed by atoms with Crippen LogP contribution < -0.4 is 14.8 Å². The number of ether oxygens (including phenoxy) is 2. The molecular formula is C39H39ClF4N6O5S2. The second-order valence-electron chi connectivity index (χ2n) is 14.4. The lowest BCUT2D eigenvalue weighted by molar-refractivity contribution is -0.137. The molecule has 2 aromatic heterocycles. The molecule has 0 aliphatic carbocycles. The Morgan fingerprint density at radius 2 is 1.74 bits per heavy atom. The van der Waals surface area contributed by atoms with Crippen LogP contribution in [0.5, 0.6) is 11.5 Å². The second-order valence-corrected chi connectivity index (χ2v) is 17.3. The predicted octanol–water partition coefficient (Wildman–Crippen LogP) is 9.80. The van der Waals surface area contributed by atoms with Gasteiger partial charge in [0.25, 0.3) is 10.0 Å². The van der Waals surface area contributed by atoms with Crippen LogP contribution in [0.15, 0.2) is 83.3 Å². The number of amides is 1. The maximum atomic E-state index is 15.4. The van der Waals surface area contributed by atoms with Crippen LogP contribution in [0, 0.1) is 11.7 Å². The van der Waals surface area contributed by atoms with Gasteiger partial charge in [-0.05, 0) is 112 Å². The standard InChI is InChI=1S/C39H39ClF4N6O5S2/c1-38(2,3)55-37(51)50-15-11-24(12-16-50)9-13-45-22-29-18-27(10-14-46-29)30-19-26(25-5-4-6-28(17-25)39(42,43)44)7-8-33(30)54-34-21-32(41)35(20-31(34)40)57(52,53)49-36-48-47-23-56-36/h4-8,10,14,17-21,23-24,45H,9,11-13,15-16,22H2,1-3H3,(H,48,49). The van der Waals surface area contributed by atoms with Crippen LogP contribution in [0.4, 0.5) is 27.5 Å². The van der Waals surface area contributed by atoms with Crippen molar-refractivity contribution in [1.82, 2.24) is 25.4 Å². The Morgan fingerprint density at radius 1 is 0.982 bits per heavy atom. The van der Waals surface area contributed by atoms with Gasteiger partial charge in [-0.1, -0.05) is 41.1 Å². The van der Waals surface area contributed by atoms with E-state index in [1.54, 1.807) is 41.4 Å². The molecule has 2 N–H and O–H groups in total. The third-order valence-corrected chi connectivity index (χ3v) is 11.4. The molecule has 1 aliphatic heterocycles. The fraction of sp³-hybridized carbons (Fsp3) is 0.333. The summed E-state index contributed by atoms with van der Waals surface area (Å²) in [4.78, 5) is 17.9. The molecule has 5 aromatic rings. The molecule has 3 heterocycles. The largest absolute Gasteiger partial charge is 0.455 e. The van der Waals surface area contributed by atoms with E-state index in [-0.39, 0.29) is 27.7 Å². The van der Waals surface area contributed by atoms with Crippen molar-refractivity contribution < 1.29 is 40.2 Å². The summed E-state index contributed by atoms with van der Waals surface area (Å²) in [6, 6.07) is 14.9. The van der Waals surface area contributed by atoms with Crippen LogP contribution in [-0.4, -0.2) is 59.8 Å². The molecule has 0 unspecified atom stereocenters. The fourth-order valence-corrected chi connectivity index (χ4v) is 8.24. The Morgan fingerprint density at radius 3 is 2.44 bits per heavy atom. The van der Waals surface area contributed by atoms with E-state index in [0.29, 0.717) is 60.0 Å². The summed E-state index contributed by atoms with van der Waals surface area (Å²) in [6.07, 6.45) is -0.623. The van der Waals surface area contributed by atoms with Crippen molar-refractivity contribution in [2.75, 3.05) is 24.4 Å². The maximum Gasteiger partial charge on any atom is 0.416 e. The van der Waals surface area contributed by atoms with E-state index in [0.717, 1.165) is 54.9 Å². The maximum absolute atomic E-state index is 15.4. The summed E-state index contributed by atoms with van der Waals surface area (Å²) < 4.78 is 95.9. The zero-order chi connectivity index (χ0) is 41.0. The topological polar surface area (TPSA) is 136 Å². The molecule has 0 radical (unpaired) electrons. The summed E-state index contributed by atoms with van der Waals surface area (Å²) in [5.74, 6) is -0.756. The van der Waals surface area contributed by atoms with Gasteiger partial charge in [0, 0.05) is 37.5 Å². The number of hydrogen-bond acceptors (Lipinski definition) is 10. The van der Waals surface area contributed by atoms with Gasteiger partial charge in [0.15, 0.2) is 0 Å². The van der Waals surface area contributed by atoms with Crippen LogP contribution in [-0.2, 0) is 27.5 Å². The smallest absolute Gasteiger partial charge is 0.416 e. The average molecular weight is 847 g/mol. The van der Waals surface area contributed by atoms with Crippen LogP contribution in [0.2, 0.25) is 5.02 Å². The minimum Gasteiger partial charge on any atom is -0.455 e. The Kier molecular flexibility index (Phi) is 12.7. The zero-order valence-electron chi connectivity index (χ0n) is 31.1.